The molecule has 0 spiro atoms. The Balaban J connectivity index is 1.85. The number of aliphatic hydroxyl groups is 1. The number of benzene rings is 1. The molecule has 0 radical (unpaired) electrons. The molecule has 2 N–H and O–H groups in total. The Morgan fingerprint density at radius 3 is 2.61 bits per heavy atom. The summed E-state index contributed by atoms with van der Waals surface area (Å²) in [5.41, 5.74) is 0.932. The zero-order valence-corrected chi connectivity index (χ0v) is 11.0. The lowest BCUT2D eigenvalue weighted by Crippen LogP contribution is -2.33. The molecule has 0 heterocycles. The smallest absolute Gasteiger partial charge is 0.242 e. The predicted molar refractivity (Wildman–Crippen MR) is 71.4 cm³/mol. The Labute approximate surface area is 112 Å². The van der Waals surface area contributed by atoms with Gasteiger partial charge in [0, 0.05) is 13.2 Å². The summed E-state index contributed by atoms with van der Waals surface area (Å²) < 4.78 is 0. The van der Waals surface area contributed by atoms with Crippen LogP contribution in [0.25, 0.3) is 0 Å². The SMILES string of the molecule is O=C(NCC1(CCO)CC1)C(Cl)c1ccccc1. The maximum Gasteiger partial charge on any atom is 0.242 e. The van der Waals surface area contributed by atoms with Crippen LogP contribution in [0.4, 0.5) is 0 Å². The van der Waals surface area contributed by atoms with Crippen molar-refractivity contribution >= 4 is 17.5 Å². The molecule has 4 heteroatoms. The second-order valence-corrected chi connectivity index (χ2v) is 5.40. The summed E-state index contributed by atoms with van der Waals surface area (Å²) in [5, 5.41) is 11.2. The number of nitrogens with one attached hydrogen (secondary N) is 1. The Kier molecular flexibility index (Phi) is 4.25. The minimum absolute atomic E-state index is 0.123. The van der Waals surface area contributed by atoms with E-state index in [1.54, 1.807) is 0 Å². The zero-order chi connectivity index (χ0) is 13.0. The summed E-state index contributed by atoms with van der Waals surface area (Å²) in [7, 11) is 0. The number of amides is 1. The standard InChI is InChI=1S/C14H18ClNO2/c15-12(11-4-2-1-3-5-11)13(18)16-10-14(6-7-14)8-9-17/h1-5,12,17H,6-10H2,(H,16,18). The first-order valence-electron chi connectivity index (χ1n) is 6.24. The number of aliphatic hydroxyl groups excluding tert-OH is 1. The molecular weight excluding hydrogens is 250 g/mol. The molecule has 0 aliphatic heterocycles. The van der Waals surface area contributed by atoms with Gasteiger partial charge in [-0.15, -0.1) is 11.6 Å². The van der Waals surface area contributed by atoms with E-state index in [4.69, 9.17) is 16.7 Å². The van der Waals surface area contributed by atoms with Crippen molar-refractivity contribution in [3.8, 4) is 0 Å². The lowest BCUT2D eigenvalue weighted by Gasteiger charge is -2.16. The summed E-state index contributed by atoms with van der Waals surface area (Å²) in [6, 6.07) is 9.32. The summed E-state index contributed by atoms with van der Waals surface area (Å²) in [6.07, 6.45) is 2.91. The second kappa shape index (κ2) is 5.72. The van der Waals surface area contributed by atoms with Crippen LogP contribution in [-0.2, 0) is 4.79 Å². The highest BCUT2D eigenvalue weighted by molar-refractivity contribution is 6.30. The maximum absolute atomic E-state index is 11.9. The van der Waals surface area contributed by atoms with Gasteiger partial charge in [-0.2, -0.15) is 0 Å². The van der Waals surface area contributed by atoms with Crippen LogP contribution in [0.2, 0.25) is 0 Å². The van der Waals surface area contributed by atoms with Gasteiger partial charge >= 0.3 is 0 Å². The average molecular weight is 268 g/mol. The van der Waals surface area contributed by atoms with Gasteiger partial charge < -0.3 is 10.4 Å². The fraction of sp³-hybridized carbons (Fsp3) is 0.500. The molecule has 1 saturated carbocycles. The minimum Gasteiger partial charge on any atom is -0.396 e. The van der Waals surface area contributed by atoms with E-state index in [1.807, 2.05) is 30.3 Å². The number of rotatable bonds is 6. The largest absolute Gasteiger partial charge is 0.396 e. The molecule has 0 bridgehead atoms. The summed E-state index contributed by atoms with van der Waals surface area (Å²) in [5.74, 6) is -0.160. The van der Waals surface area contributed by atoms with Crippen molar-refractivity contribution in [1.29, 1.82) is 0 Å². The van der Waals surface area contributed by atoms with Crippen LogP contribution in [0.1, 0.15) is 30.2 Å². The van der Waals surface area contributed by atoms with Gasteiger partial charge in [0.05, 0.1) is 0 Å². The third kappa shape index (κ3) is 3.24. The zero-order valence-electron chi connectivity index (χ0n) is 10.2. The third-order valence-corrected chi connectivity index (χ3v) is 4.01. The van der Waals surface area contributed by atoms with Crippen molar-refractivity contribution < 1.29 is 9.90 Å². The van der Waals surface area contributed by atoms with E-state index >= 15 is 0 Å². The number of carbonyl (C=O) groups is 1. The molecule has 1 aliphatic carbocycles. The molecule has 1 atom stereocenters. The van der Waals surface area contributed by atoms with E-state index in [9.17, 15) is 4.79 Å². The summed E-state index contributed by atoms with van der Waals surface area (Å²) in [4.78, 5) is 11.9. The Morgan fingerprint density at radius 1 is 1.39 bits per heavy atom. The van der Waals surface area contributed by atoms with Gasteiger partial charge in [0.1, 0.15) is 5.38 Å². The van der Waals surface area contributed by atoms with E-state index in [1.165, 1.54) is 0 Å². The fourth-order valence-corrected chi connectivity index (χ4v) is 2.29. The van der Waals surface area contributed by atoms with Crippen molar-refractivity contribution in [2.75, 3.05) is 13.2 Å². The Hall–Kier alpha value is -1.06. The van der Waals surface area contributed by atoms with Gasteiger partial charge in [0.15, 0.2) is 0 Å². The van der Waals surface area contributed by atoms with Gasteiger partial charge in [-0.1, -0.05) is 30.3 Å². The first-order valence-corrected chi connectivity index (χ1v) is 6.68. The van der Waals surface area contributed by atoms with E-state index in [2.05, 4.69) is 5.32 Å². The molecule has 1 aromatic carbocycles. The van der Waals surface area contributed by atoms with E-state index < -0.39 is 5.38 Å². The lowest BCUT2D eigenvalue weighted by molar-refractivity contribution is -0.121. The lowest BCUT2D eigenvalue weighted by atomic mass is 10.0. The molecule has 1 fully saturated rings. The quantitative estimate of drug-likeness (QED) is 0.777. The average Bonchev–Trinajstić information content (AvgIpc) is 3.17. The molecule has 0 saturated heterocycles. The number of hydrogen-bond donors (Lipinski definition) is 2. The molecule has 3 nitrogen and oxygen atoms in total. The Bertz CT molecular complexity index is 404. The van der Waals surface area contributed by atoms with Gasteiger partial charge in [-0.25, -0.2) is 0 Å². The van der Waals surface area contributed by atoms with Gasteiger partial charge in [0.25, 0.3) is 0 Å². The van der Waals surface area contributed by atoms with E-state index in [0.717, 1.165) is 24.8 Å². The number of carbonyl (C=O) groups excluding carboxylic acids is 1. The monoisotopic (exact) mass is 267 g/mol. The topological polar surface area (TPSA) is 49.3 Å². The molecule has 0 aromatic heterocycles. The highest BCUT2D eigenvalue weighted by Gasteiger charge is 2.42. The van der Waals surface area contributed by atoms with Crippen molar-refractivity contribution in [2.24, 2.45) is 5.41 Å². The van der Waals surface area contributed by atoms with Gasteiger partial charge in [0.2, 0.25) is 5.91 Å². The van der Waals surface area contributed by atoms with Crippen LogP contribution >= 0.6 is 11.6 Å². The van der Waals surface area contributed by atoms with E-state index in [0.29, 0.717) is 6.54 Å². The van der Waals surface area contributed by atoms with Crippen LogP contribution < -0.4 is 5.32 Å². The van der Waals surface area contributed by atoms with Crippen LogP contribution in [0.15, 0.2) is 30.3 Å². The molecular formula is C14H18ClNO2. The van der Waals surface area contributed by atoms with Crippen LogP contribution in [0.3, 0.4) is 0 Å². The number of alkyl halides is 1. The fourth-order valence-electron chi connectivity index (χ4n) is 2.07. The predicted octanol–water partition coefficient (Wildman–Crippen LogP) is 2.25. The highest BCUT2D eigenvalue weighted by Crippen LogP contribution is 2.47. The van der Waals surface area contributed by atoms with Crippen LogP contribution in [0.5, 0.6) is 0 Å². The molecule has 98 valence electrons. The molecule has 1 aliphatic rings. The first-order chi connectivity index (χ1) is 8.67. The Morgan fingerprint density at radius 2 is 2.06 bits per heavy atom. The molecule has 1 unspecified atom stereocenters. The van der Waals surface area contributed by atoms with Crippen molar-refractivity contribution in [3.63, 3.8) is 0 Å². The highest BCUT2D eigenvalue weighted by atomic mass is 35.5. The van der Waals surface area contributed by atoms with Crippen LogP contribution in [0, 0.1) is 5.41 Å². The molecule has 18 heavy (non-hydrogen) atoms. The normalized spacial score (nSPS) is 18.1. The van der Waals surface area contributed by atoms with Crippen molar-refractivity contribution in [3.05, 3.63) is 35.9 Å². The number of hydrogen-bond acceptors (Lipinski definition) is 2. The second-order valence-electron chi connectivity index (χ2n) is 4.96. The third-order valence-electron chi connectivity index (χ3n) is 3.56. The molecule has 1 amide bonds. The van der Waals surface area contributed by atoms with Crippen molar-refractivity contribution in [1.82, 2.24) is 5.32 Å². The maximum atomic E-state index is 11.9. The van der Waals surface area contributed by atoms with Crippen LogP contribution in [-0.4, -0.2) is 24.2 Å². The van der Waals surface area contributed by atoms with Gasteiger partial charge in [-0.3, -0.25) is 4.79 Å². The van der Waals surface area contributed by atoms with Gasteiger partial charge in [-0.05, 0) is 30.2 Å². The molecule has 2 rings (SSSR count). The molecule has 1 aromatic rings. The van der Waals surface area contributed by atoms with Crippen molar-refractivity contribution in [2.45, 2.75) is 24.6 Å². The summed E-state index contributed by atoms with van der Waals surface area (Å²) in [6.45, 7) is 0.793. The van der Waals surface area contributed by atoms with E-state index in [-0.39, 0.29) is 17.9 Å². The number of halogens is 1. The summed E-state index contributed by atoms with van der Waals surface area (Å²) >= 11 is 6.12. The first kappa shape index (κ1) is 13.4. The minimum atomic E-state index is -0.642.